The highest BCUT2D eigenvalue weighted by Gasteiger charge is 2.39. The molecule has 0 saturated carbocycles. The summed E-state index contributed by atoms with van der Waals surface area (Å²) in [6, 6.07) is 15.5. The van der Waals surface area contributed by atoms with E-state index in [0.29, 0.717) is 41.9 Å². The molecule has 2 heterocycles. The number of carboxylic acids is 2. The number of anilines is 1. The van der Waals surface area contributed by atoms with Crippen LogP contribution in [0.1, 0.15) is 29.9 Å². The van der Waals surface area contributed by atoms with Gasteiger partial charge in [-0.15, -0.1) is 5.10 Å². The predicted octanol–water partition coefficient (Wildman–Crippen LogP) is 4.06. The summed E-state index contributed by atoms with van der Waals surface area (Å²) in [6.07, 6.45) is -8.60. The van der Waals surface area contributed by atoms with Crippen molar-refractivity contribution in [2.75, 3.05) is 46.3 Å². The van der Waals surface area contributed by atoms with E-state index in [0.717, 1.165) is 17.8 Å². The van der Waals surface area contributed by atoms with Crippen LogP contribution in [0.2, 0.25) is 0 Å². The van der Waals surface area contributed by atoms with E-state index in [-0.39, 0.29) is 11.7 Å². The highest BCUT2D eigenvalue weighted by molar-refractivity contribution is 5.95. The van der Waals surface area contributed by atoms with Gasteiger partial charge < -0.3 is 40.4 Å². The summed E-state index contributed by atoms with van der Waals surface area (Å²) in [5.74, 6) is -3.33. The first-order chi connectivity index (χ1) is 25.2. The van der Waals surface area contributed by atoms with Crippen LogP contribution in [0.4, 0.5) is 32.0 Å². The number of amidine groups is 1. The van der Waals surface area contributed by atoms with Gasteiger partial charge in [0.05, 0.1) is 13.7 Å². The van der Waals surface area contributed by atoms with Gasteiger partial charge in [0.15, 0.2) is 23.1 Å². The maximum atomic E-state index is 13.0. The lowest BCUT2D eigenvalue weighted by Gasteiger charge is -2.21. The number of likely N-dealkylation sites (N-methyl/N-ethyl adjacent to an activating group) is 1. The predicted molar refractivity (Wildman–Crippen MR) is 180 cm³/mol. The number of benzene rings is 2. The van der Waals surface area contributed by atoms with Crippen LogP contribution < -0.4 is 31.0 Å². The Hall–Kier alpha value is -6.32. The minimum atomic E-state index is -5.08. The quantitative estimate of drug-likeness (QED) is 0.0641. The monoisotopic (exact) mass is 774 g/mol. The van der Waals surface area contributed by atoms with E-state index >= 15 is 0 Å². The van der Waals surface area contributed by atoms with Crippen molar-refractivity contribution in [1.82, 2.24) is 24.6 Å². The van der Waals surface area contributed by atoms with Crippen LogP contribution in [0.5, 0.6) is 17.2 Å². The van der Waals surface area contributed by atoms with Crippen LogP contribution in [-0.2, 0) is 9.59 Å². The van der Waals surface area contributed by atoms with Gasteiger partial charge in [-0.2, -0.15) is 31.0 Å². The lowest BCUT2D eigenvalue weighted by atomic mass is 10.0. The molecule has 0 saturated heterocycles. The molecule has 0 bridgehead atoms. The van der Waals surface area contributed by atoms with Crippen LogP contribution in [0.25, 0.3) is 5.82 Å². The number of hydrogen-bond acceptors (Lipinski definition) is 11. The molecular formula is C32H36F6N8O8. The topological polar surface area (TPSA) is 231 Å². The Kier molecular flexibility index (Phi) is 15.8. The van der Waals surface area contributed by atoms with E-state index in [1.807, 2.05) is 56.3 Å². The fourth-order valence-corrected chi connectivity index (χ4v) is 3.97. The summed E-state index contributed by atoms with van der Waals surface area (Å²) in [5.41, 5.74) is 7.24. The van der Waals surface area contributed by atoms with Gasteiger partial charge >= 0.3 is 30.0 Å². The van der Waals surface area contributed by atoms with Gasteiger partial charge in [-0.3, -0.25) is 10.4 Å². The summed E-state index contributed by atoms with van der Waals surface area (Å²) >= 11 is 0. The van der Waals surface area contributed by atoms with Gasteiger partial charge in [0, 0.05) is 24.0 Å². The number of ether oxygens (including phenoxy) is 3. The number of pyridine rings is 1. The van der Waals surface area contributed by atoms with Crippen molar-refractivity contribution in [1.29, 1.82) is 5.41 Å². The SMILES string of the molecule is CCOc1cc(C(Nc2ccc(C(=N)N)cc2)c2nn(-c3ncccc3OC)c(=O)[nH]2)ccc1OCCN(C)C.O=C(O)C(F)(F)F.O=C(O)C(F)(F)F. The Morgan fingerprint density at radius 1 is 0.981 bits per heavy atom. The third-order valence-electron chi connectivity index (χ3n) is 6.47. The molecule has 22 heteroatoms. The summed E-state index contributed by atoms with van der Waals surface area (Å²) in [5, 5.41) is 29.9. The molecule has 0 fully saturated rings. The maximum absolute atomic E-state index is 13.0. The molecule has 7 N–H and O–H groups in total. The fourth-order valence-electron chi connectivity index (χ4n) is 3.97. The smallest absolute Gasteiger partial charge is 0.490 e. The maximum Gasteiger partial charge on any atom is 0.490 e. The van der Waals surface area contributed by atoms with Crippen molar-refractivity contribution in [2.24, 2.45) is 5.73 Å². The van der Waals surface area contributed by atoms with Crippen LogP contribution in [-0.4, -0.2) is 106 Å². The zero-order chi connectivity index (χ0) is 40.8. The summed E-state index contributed by atoms with van der Waals surface area (Å²) < 4.78 is 81.9. The van der Waals surface area contributed by atoms with Gasteiger partial charge in [-0.1, -0.05) is 6.07 Å². The van der Waals surface area contributed by atoms with Gasteiger partial charge in [-0.05, 0) is 75.1 Å². The molecule has 0 spiro atoms. The number of aromatic amines is 1. The molecule has 4 rings (SSSR count). The van der Waals surface area contributed by atoms with Crippen molar-refractivity contribution in [3.05, 3.63) is 88.2 Å². The molecule has 0 aliphatic carbocycles. The van der Waals surface area contributed by atoms with E-state index in [1.165, 1.54) is 11.8 Å². The van der Waals surface area contributed by atoms with E-state index < -0.39 is 36.0 Å². The normalized spacial score (nSPS) is 11.6. The summed E-state index contributed by atoms with van der Waals surface area (Å²) in [6.45, 7) is 3.61. The molecule has 54 heavy (non-hydrogen) atoms. The lowest BCUT2D eigenvalue weighted by Crippen LogP contribution is -2.21. The number of nitrogen functional groups attached to an aromatic ring is 1. The second-order valence-electron chi connectivity index (χ2n) is 10.7. The zero-order valence-corrected chi connectivity index (χ0v) is 29.0. The second kappa shape index (κ2) is 19.5. The Morgan fingerprint density at radius 2 is 1.57 bits per heavy atom. The highest BCUT2D eigenvalue weighted by Crippen LogP contribution is 2.34. The molecule has 0 amide bonds. The Bertz CT molecular complexity index is 1890. The number of carboxylic acid groups (broad SMARTS) is 2. The summed E-state index contributed by atoms with van der Waals surface area (Å²) in [7, 11) is 5.47. The van der Waals surface area contributed by atoms with Gasteiger partial charge in [0.2, 0.25) is 5.82 Å². The number of carbonyl (C=O) groups is 2. The van der Waals surface area contributed by atoms with Crippen LogP contribution in [0.15, 0.2) is 65.6 Å². The highest BCUT2D eigenvalue weighted by atomic mass is 19.4. The molecule has 0 aliphatic rings. The molecule has 1 atom stereocenters. The van der Waals surface area contributed by atoms with Crippen LogP contribution in [0, 0.1) is 5.41 Å². The zero-order valence-electron chi connectivity index (χ0n) is 29.0. The van der Waals surface area contributed by atoms with E-state index in [1.54, 1.807) is 30.5 Å². The number of rotatable bonds is 13. The largest absolute Gasteiger partial charge is 0.493 e. The molecule has 16 nitrogen and oxygen atoms in total. The molecule has 4 aromatic rings. The minimum absolute atomic E-state index is 0.0262. The van der Waals surface area contributed by atoms with Gasteiger partial charge in [0.25, 0.3) is 0 Å². The molecule has 294 valence electrons. The number of aromatic nitrogens is 4. The molecule has 2 aromatic carbocycles. The van der Waals surface area contributed by atoms with Gasteiger partial charge in [0.1, 0.15) is 18.5 Å². The van der Waals surface area contributed by atoms with Crippen molar-refractivity contribution in [3.63, 3.8) is 0 Å². The number of nitrogens with one attached hydrogen (secondary N) is 3. The van der Waals surface area contributed by atoms with Crippen molar-refractivity contribution in [3.8, 4) is 23.1 Å². The number of halogens is 6. The first kappa shape index (κ1) is 43.8. The fraction of sp³-hybridized carbons (Fsp3) is 0.312. The Labute approximate surface area is 302 Å². The Morgan fingerprint density at radius 3 is 2.07 bits per heavy atom. The van der Waals surface area contributed by atoms with Crippen molar-refractivity contribution >= 4 is 23.5 Å². The molecule has 0 radical (unpaired) electrons. The lowest BCUT2D eigenvalue weighted by molar-refractivity contribution is -0.193. The minimum Gasteiger partial charge on any atom is -0.493 e. The summed E-state index contributed by atoms with van der Waals surface area (Å²) in [4.78, 5) is 40.0. The third kappa shape index (κ3) is 13.3. The number of hydrogen-bond donors (Lipinski definition) is 6. The van der Waals surface area contributed by atoms with Gasteiger partial charge in [-0.25, -0.2) is 19.4 Å². The molecule has 0 aliphatic heterocycles. The number of alkyl halides is 6. The van der Waals surface area contributed by atoms with Crippen LogP contribution >= 0.6 is 0 Å². The standard InChI is InChI=1S/C28H34N8O4.2C2HF3O2/c1-5-39-23-17-19(10-13-21(23)40-16-15-35(2)3)24(32-20-11-8-18(9-12-20)25(29)30)26-33-28(37)36(34-26)27-22(38-4)7-6-14-31-27;2*3-2(4,5)1(6)7/h6-14,17,24,32H,5,15-16H2,1-4H3,(H3,29,30)(H,33,34,37);2*(H,6,7). The molecule has 2 aromatic heterocycles. The van der Waals surface area contributed by atoms with E-state index in [9.17, 15) is 31.1 Å². The molecular weight excluding hydrogens is 738 g/mol. The molecule has 1 unspecified atom stereocenters. The number of aliphatic carboxylic acids is 2. The first-order valence-corrected chi connectivity index (χ1v) is 15.2. The average Bonchev–Trinajstić information content (AvgIpc) is 3.48. The number of nitrogens with two attached hydrogens (primary N) is 1. The average molecular weight is 775 g/mol. The third-order valence-corrected chi connectivity index (χ3v) is 6.47. The second-order valence-corrected chi connectivity index (χ2v) is 10.7. The van der Waals surface area contributed by atoms with Crippen molar-refractivity contribution < 1.29 is 60.4 Å². The first-order valence-electron chi connectivity index (χ1n) is 15.2. The number of methoxy groups -OCH3 is 1. The number of nitrogens with zero attached hydrogens (tertiary/aromatic N) is 4. The number of H-pyrrole nitrogens is 1. The van der Waals surface area contributed by atoms with Crippen LogP contribution in [0.3, 0.4) is 0 Å². The Balaban J connectivity index is 0.000000610. The van der Waals surface area contributed by atoms with Crippen molar-refractivity contribution in [2.45, 2.75) is 25.3 Å². The van der Waals surface area contributed by atoms with E-state index in [2.05, 4.69) is 20.4 Å². The van der Waals surface area contributed by atoms with E-state index in [4.69, 9.17) is 45.2 Å².